The summed E-state index contributed by atoms with van der Waals surface area (Å²) in [5, 5.41) is 8.92. The second-order valence-electron chi connectivity index (χ2n) is 5.77. The number of ether oxygens (including phenoxy) is 1. The van der Waals surface area contributed by atoms with E-state index < -0.39 is 0 Å². The number of nitrogens with two attached hydrogens (primary N) is 1. The van der Waals surface area contributed by atoms with Crippen molar-refractivity contribution < 1.29 is 9.13 Å². The van der Waals surface area contributed by atoms with Gasteiger partial charge in [-0.25, -0.2) is 4.39 Å². The fourth-order valence-electron chi connectivity index (χ4n) is 1.91. The summed E-state index contributed by atoms with van der Waals surface area (Å²) in [6.45, 7) is 6.22. The Hall–Kier alpha value is -1.60. The van der Waals surface area contributed by atoms with E-state index in [-0.39, 0.29) is 17.3 Å². The lowest BCUT2D eigenvalue weighted by Crippen LogP contribution is -2.10. The molecule has 0 amide bonds. The van der Waals surface area contributed by atoms with Crippen LogP contribution >= 0.6 is 0 Å². The molecule has 110 valence electrons. The second kappa shape index (κ2) is 7.25. The van der Waals surface area contributed by atoms with Gasteiger partial charge in [0.1, 0.15) is 11.6 Å². The van der Waals surface area contributed by atoms with E-state index in [0.717, 1.165) is 19.3 Å². The molecule has 0 heterocycles. The number of hydrogen-bond donors (Lipinski definition) is 1. The number of nitriles is 1. The molecule has 1 aromatic rings. The zero-order valence-electron chi connectivity index (χ0n) is 12.4. The summed E-state index contributed by atoms with van der Waals surface area (Å²) in [6, 6.07) is 6.42. The van der Waals surface area contributed by atoms with Gasteiger partial charge in [0, 0.05) is 11.6 Å². The van der Waals surface area contributed by atoms with E-state index in [2.05, 4.69) is 6.07 Å². The predicted octanol–water partition coefficient (Wildman–Crippen LogP) is 3.94. The normalized spacial score (nSPS) is 12.8. The van der Waals surface area contributed by atoms with E-state index in [1.807, 2.05) is 13.8 Å². The number of hydrogen-bond acceptors (Lipinski definition) is 3. The first kappa shape index (κ1) is 16.5. The van der Waals surface area contributed by atoms with Gasteiger partial charge in [-0.2, -0.15) is 5.26 Å². The highest BCUT2D eigenvalue weighted by Gasteiger charge is 2.15. The van der Waals surface area contributed by atoms with E-state index >= 15 is 0 Å². The zero-order chi connectivity index (χ0) is 15.2. The van der Waals surface area contributed by atoms with Crippen LogP contribution in [0.25, 0.3) is 0 Å². The molecule has 0 aliphatic rings. The van der Waals surface area contributed by atoms with Crippen LogP contribution in [0.4, 0.5) is 4.39 Å². The van der Waals surface area contributed by atoms with Gasteiger partial charge in [-0.05, 0) is 58.2 Å². The Balaban J connectivity index is 2.45. The standard InChI is InChI=1S/C16H23FN2O/c1-12(19)14-10-13(17)6-7-15(14)20-9-5-4-8-16(2,3)11-18/h6-7,10,12H,4-5,8-9,19H2,1-3H3/t12-/m0/s1. The van der Waals surface area contributed by atoms with Gasteiger partial charge in [0.05, 0.1) is 18.1 Å². The number of benzene rings is 1. The third kappa shape index (κ3) is 5.18. The molecular weight excluding hydrogens is 255 g/mol. The van der Waals surface area contributed by atoms with Crippen molar-refractivity contribution in [3.05, 3.63) is 29.6 Å². The minimum atomic E-state index is -0.305. The Labute approximate surface area is 120 Å². The van der Waals surface area contributed by atoms with Gasteiger partial charge in [0.25, 0.3) is 0 Å². The van der Waals surface area contributed by atoms with Crippen molar-refractivity contribution in [3.8, 4) is 11.8 Å². The maximum atomic E-state index is 13.2. The van der Waals surface area contributed by atoms with Gasteiger partial charge in [-0.15, -0.1) is 0 Å². The molecule has 0 aliphatic carbocycles. The maximum absolute atomic E-state index is 13.2. The summed E-state index contributed by atoms with van der Waals surface area (Å²) in [7, 11) is 0. The first-order valence-corrected chi connectivity index (χ1v) is 6.95. The molecule has 0 spiro atoms. The van der Waals surface area contributed by atoms with Gasteiger partial charge >= 0.3 is 0 Å². The smallest absolute Gasteiger partial charge is 0.124 e. The minimum absolute atomic E-state index is 0.266. The van der Waals surface area contributed by atoms with Crippen molar-refractivity contribution >= 4 is 0 Å². The van der Waals surface area contributed by atoms with Gasteiger partial charge in [0.15, 0.2) is 0 Å². The highest BCUT2D eigenvalue weighted by atomic mass is 19.1. The van der Waals surface area contributed by atoms with Crippen LogP contribution in [0.2, 0.25) is 0 Å². The summed E-state index contributed by atoms with van der Waals surface area (Å²) in [5.41, 5.74) is 6.20. The Morgan fingerprint density at radius 3 is 2.70 bits per heavy atom. The largest absolute Gasteiger partial charge is 0.493 e. The fourth-order valence-corrected chi connectivity index (χ4v) is 1.91. The van der Waals surface area contributed by atoms with Gasteiger partial charge in [0.2, 0.25) is 0 Å². The van der Waals surface area contributed by atoms with Crippen molar-refractivity contribution in [1.82, 2.24) is 0 Å². The molecule has 0 saturated carbocycles. The van der Waals surface area contributed by atoms with Crippen LogP contribution in [-0.2, 0) is 0 Å². The van der Waals surface area contributed by atoms with Crippen LogP contribution in [0, 0.1) is 22.6 Å². The van der Waals surface area contributed by atoms with Crippen molar-refractivity contribution in [1.29, 1.82) is 5.26 Å². The molecule has 0 bridgehead atoms. The summed E-state index contributed by atoms with van der Waals surface area (Å²) in [6.07, 6.45) is 2.63. The maximum Gasteiger partial charge on any atom is 0.124 e. The lowest BCUT2D eigenvalue weighted by atomic mass is 9.89. The monoisotopic (exact) mass is 278 g/mol. The summed E-state index contributed by atoms with van der Waals surface area (Å²) in [5.74, 6) is 0.335. The van der Waals surface area contributed by atoms with E-state index in [1.165, 1.54) is 12.1 Å². The molecule has 0 aromatic heterocycles. The number of nitrogens with zero attached hydrogens (tertiary/aromatic N) is 1. The van der Waals surface area contributed by atoms with Crippen molar-refractivity contribution in [3.63, 3.8) is 0 Å². The Bertz CT molecular complexity index is 478. The van der Waals surface area contributed by atoms with Crippen LogP contribution in [0.1, 0.15) is 51.6 Å². The minimum Gasteiger partial charge on any atom is -0.493 e. The molecule has 1 rings (SSSR count). The molecule has 0 aliphatic heterocycles. The Morgan fingerprint density at radius 2 is 2.10 bits per heavy atom. The van der Waals surface area contributed by atoms with Crippen LogP contribution in [-0.4, -0.2) is 6.61 Å². The molecule has 0 unspecified atom stereocenters. The predicted molar refractivity (Wildman–Crippen MR) is 77.7 cm³/mol. The first-order valence-electron chi connectivity index (χ1n) is 6.95. The molecule has 0 fully saturated rings. The summed E-state index contributed by atoms with van der Waals surface area (Å²) < 4.78 is 18.9. The summed E-state index contributed by atoms with van der Waals surface area (Å²) >= 11 is 0. The van der Waals surface area contributed by atoms with Crippen molar-refractivity contribution in [2.75, 3.05) is 6.61 Å². The van der Waals surface area contributed by atoms with E-state index in [9.17, 15) is 4.39 Å². The van der Waals surface area contributed by atoms with E-state index in [4.69, 9.17) is 15.7 Å². The highest BCUT2D eigenvalue weighted by molar-refractivity contribution is 5.36. The van der Waals surface area contributed by atoms with Gasteiger partial charge in [-0.3, -0.25) is 0 Å². The number of rotatable bonds is 7. The molecule has 20 heavy (non-hydrogen) atoms. The molecular formula is C16H23FN2O. The molecule has 4 heteroatoms. The molecule has 3 nitrogen and oxygen atoms in total. The molecule has 1 aromatic carbocycles. The third-order valence-electron chi connectivity index (χ3n) is 3.22. The number of halogens is 1. The average Bonchev–Trinajstić information content (AvgIpc) is 2.39. The quantitative estimate of drug-likeness (QED) is 0.768. The molecule has 2 N–H and O–H groups in total. The summed E-state index contributed by atoms with van der Waals surface area (Å²) in [4.78, 5) is 0. The van der Waals surface area contributed by atoms with Crippen LogP contribution < -0.4 is 10.5 Å². The highest BCUT2D eigenvalue weighted by Crippen LogP contribution is 2.26. The molecule has 1 atom stereocenters. The first-order chi connectivity index (χ1) is 9.35. The Morgan fingerprint density at radius 1 is 1.40 bits per heavy atom. The van der Waals surface area contributed by atoms with Crippen LogP contribution in [0.3, 0.4) is 0 Å². The second-order valence-corrected chi connectivity index (χ2v) is 5.77. The van der Waals surface area contributed by atoms with E-state index in [0.29, 0.717) is 17.9 Å². The molecule has 0 saturated heterocycles. The molecule has 0 radical (unpaired) electrons. The van der Waals surface area contributed by atoms with Gasteiger partial charge < -0.3 is 10.5 Å². The van der Waals surface area contributed by atoms with Crippen LogP contribution in [0.5, 0.6) is 5.75 Å². The lowest BCUT2D eigenvalue weighted by Gasteiger charge is -2.16. The SMILES string of the molecule is C[C@H](N)c1cc(F)ccc1OCCCCC(C)(C)C#N. The Kier molecular flexibility index (Phi) is 5.97. The van der Waals surface area contributed by atoms with E-state index in [1.54, 1.807) is 13.0 Å². The van der Waals surface area contributed by atoms with Crippen molar-refractivity contribution in [2.24, 2.45) is 11.1 Å². The average molecular weight is 278 g/mol. The number of unbranched alkanes of at least 4 members (excludes halogenated alkanes) is 1. The van der Waals surface area contributed by atoms with Crippen LogP contribution in [0.15, 0.2) is 18.2 Å². The fraction of sp³-hybridized carbons (Fsp3) is 0.562. The van der Waals surface area contributed by atoms with Gasteiger partial charge in [-0.1, -0.05) is 0 Å². The third-order valence-corrected chi connectivity index (χ3v) is 3.22. The lowest BCUT2D eigenvalue weighted by molar-refractivity contribution is 0.291. The zero-order valence-corrected chi connectivity index (χ0v) is 12.4. The topological polar surface area (TPSA) is 59.0 Å². The van der Waals surface area contributed by atoms with Crippen molar-refractivity contribution in [2.45, 2.75) is 46.1 Å².